The number of hydrogen-bond acceptors (Lipinski definition) is 5. The van der Waals surface area contributed by atoms with E-state index in [1.807, 2.05) is 0 Å². The van der Waals surface area contributed by atoms with Crippen molar-refractivity contribution in [2.24, 2.45) is 0 Å². The fraction of sp³-hybridized carbons (Fsp3) is 0.615. The summed E-state index contributed by atoms with van der Waals surface area (Å²) in [5.74, 6) is 0.615. The fourth-order valence-corrected chi connectivity index (χ4v) is 2.01. The van der Waals surface area contributed by atoms with Crippen LogP contribution in [0.5, 0.6) is 0 Å². The predicted octanol–water partition coefficient (Wildman–Crippen LogP) is 0.794. The third-order valence-electron chi connectivity index (χ3n) is 3.17. The number of ether oxygens (including phenoxy) is 1. The number of rotatable bonds is 3. The Morgan fingerprint density at radius 2 is 2.32 bits per heavy atom. The van der Waals surface area contributed by atoms with Gasteiger partial charge in [0.25, 0.3) is 5.91 Å². The van der Waals surface area contributed by atoms with Gasteiger partial charge in [0.2, 0.25) is 0 Å². The summed E-state index contributed by atoms with van der Waals surface area (Å²) in [6.07, 6.45) is 4.40. The van der Waals surface area contributed by atoms with Crippen molar-refractivity contribution >= 4 is 11.7 Å². The van der Waals surface area contributed by atoms with Crippen molar-refractivity contribution in [3.8, 4) is 0 Å². The van der Waals surface area contributed by atoms with Crippen LogP contribution in [-0.2, 0) is 4.74 Å². The Balaban J connectivity index is 2.16. The minimum absolute atomic E-state index is 0.130. The van der Waals surface area contributed by atoms with Gasteiger partial charge in [0.1, 0.15) is 11.5 Å². The molecule has 0 aliphatic carbocycles. The van der Waals surface area contributed by atoms with E-state index in [-0.39, 0.29) is 12.0 Å². The van der Waals surface area contributed by atoms with Gasteiger partial charge < -0.3 is 14.5 Å². The van der Waals surface area contributed by atoms with E-state index in [4.69, 9.17) is 4.74 Å². The average molecular weight is 264 g/mol. The molecule has 1 aliphatic heterocycles. The van der Waals surface area contributed by atoms with E-state index in [0.29, 0.717) is 12.3 Å². The van der Waals surface area contributed by atoms with Crippen LogP contribution in [0.15, 0.2) is 12.4 Å². The van der Waals surface area contributed by atoms with Gasteiger partial charge in [-0.25, -0.2) is 4.98 Å². The van der Waals surface area contributed by atoms with E-state index < -0.39 is 0 Å². The van der Waals surface area contributed by atoms with Gasteiger partial charge in [-0.05, 0) is 6.42 Å². The zero-order chi connectivity index (χ0) is 13.8. The first-order chi connectivity index (χ1) is 9.11. The Labute approximate surface area is 113 Å². The molecule has 6 nitrogen and oxygen atoms in total. The highest BCUT2D eigenvalue weighted by molar-refractivity contribution is 5.91. The normalized spacial score (nSPS) is 19.3. The fourth-order valence-electron chi connectivity index (χ4n) is 2.01. The van der Waals surface area contributed by atoms with Gasteiger partial charge in [0.05, 0.1) is 25.1 Å². The lowest BCUT2D eigenvalue weighted by Gasteiger charge is -2.33. The van der Waals surface area contributed by atoms with Gasteiger partial charge in [-0.2, -0.15) is 0 Å². The van der Waals surface area contributed by atoms with Crippen molar-refractivity contribution in [1.82, 2.24) is 14.9 Å². The lowest BCUT2D eigenvalue weighted by molar-refractivity contribution is 0.0381. The number of hydrogen-bond donors (Lipinski definition) is 0. The summed E-state index contributed by atoms with van der Waals surface area (Å²) in [5.41, 5.74) is 0.377. The Kier molecular flexibility index (Phi) is 4.31. The number of amides is 1. The largest absolute Gasteiger partial charge is 0.375 e. The molecule has 1 aromatic rings. The third kappa shape index (κ3) is 3.20. The van der Waals surface area contributed by atoms with Crippen molar-refractivity contribution in [3.05, 3.63) is 18.1 Å². The summed E-state index contributed by atoms with van der Waals surface area (Å²) >= 11 is 0. The van der Waals surface area contributed by atoms with Crippen LogP contribution in [0.2, 0.25) is 0 Å². The summed E-state index contributed by atoms with van der Waals surface area (Å²) in [5, 5.41) is 0. The standard InChI is InChI=1S/C13H20N4O2/c1-4-10-9-17(5-6-19-10)12-8-14-7-11(15-12)13(18)16(2)3/h7-8,10H,4-6,9H2,1-3H3. The maximum absolute atomic E-state index is 11.9. The highest BCUT2D eigenvalue weighted by Crippen LogP contribution is 2.16. The molecule has 1 aromatic heterocycles. The van der Waals surface area contributed by atoms with Crippen LogP contribution >= 0.6 is 0 Å². The molecular weight excluding hydrogens is 244 g/mol. The minimum Gasteiger partial charge on any atom is -0.375 e. The van der Waals surface area contributed by atoms with E-state index in [1.165, 1.54) is 11.1 Å². The molecule has 104 valence electrons. The second kappa shape index (κ2) is 5.97. The molecular formula is C13H20N4O2. The average Bonchev–Trinajstić information content (AvgIpc) is 2.46. The summed E-state index contributed by atoms with van der Waals surface area (Å²) in [6, 6.07) is 0. The summed E-state index contributed by atoms with van der Waals surface area (Å²) in [6.45, 7) is 4.37. The van der Waals surface area contributed by atoms with Crippen LogP contribution in [0.3, 0.4) is 0 Å². The third-order valence-corrected chi connectivity index (χ3v) is 3.17. The van der Waals surface area contributed by atoms with Crippen LogP contribution in [-0.4, -0.2) is 60.7 Å². The van der Waals surface area contributed by atoms with Crippen LogP contribution in [0.4, 0.5) is 5.82 Å². The Morgan fingerprint density at radius 3 is 3.00 bits per heavy atom. The summed E-state index contributed by atoms with van der Waals surface area (Å²) < 4.78 is 5.63. The molecule has 1 fully saturated rings. The van der Waals surface area contributed by atoms with Crippen LogP contribution < -0.4 is 4.90 Å². The molecule has 1 saturated heterocycles. The van der Waals surface area contributed by atoms with E-state index in [0.717, 1.165) is 25.3 Å². The molecule has 19 heavy (non-hydrogen) atoms. The van der Waals surface area contributed by atoms with E-state index in [1.54, 1.807) is 20.3 Å². The van der Waals surface area contributed by atoms with Crippen molar-refractivity contribution < 1.29 is 9.53 Å². The highest BCUT2D eigenvalue weighted by atomic mass is 16.5. The molecule has 0 saturated carbocycles. The van der Waals surface area contributed by atoms with E-state index in [2.05, 4.69) is 21.8 Å². The number of anilines is 1. The topological polar surface area (TPSA) is 58.6 Å². The van der Waals surface area contributed by atoms with Crippen LogP contribution in [0.25, 0.3) is 0 Å². The van der Waals surface area contributed by atoms with Gasteiger partial charge in [-0.3, -0.25) is 9.78 Å². The first-order valence-corrected chi connectivity index (χ1v) is 6.52. The van der Waals surface area contributed by atoms with E-state index in [9.17, 15) is 4.79 Å². The number of aromatic nitrogens is 2. The Bertz CT molecular complexity index is 450. The minimum atomic E-state index is -0.130. The smallest absolute Gasteiger partial charge is 0.273 e. The molecule has 0 bridgehead atoms. The van der Waals surface area contributed by atoms with Gasteiger partial charge in [0.15, 0.2) is 0 Å². The monoisotopic (exact) mass is 264 g/mol. The Hall–Kier alpha value is -1.69. The van der Waals surface area contributed by atoms with Crippen molar-refractivity contribution in [2.75, 3.05) is 38.7 Å². The number of nitrogens with zero attached hydrogens (tertiary/aromatic N) is 4. The second-order valence-electron chi connectivity index (χ2n) is 4.81. The quantitative estimate of drug-likeness (QED) is 0.808. The maximum atomic E-state index is 11.9. The summed E-state index contributed by atoms with van der Waals surface area (Å²) in [4.78, 5) is 24.0. The first-order valence-electron chi connectivity index (χ1n) is 6.52. The summed E-state index contributed by atoms with van der Waals surface area (Å²) in [7, 11) is 3.41. The zero-order valence-electron chi connectivity index (χ0n) is 11.7. The zero-order valence-corrected chi connectivity index (χ0v) is 11.7. The molecule has 1 aliphatic rings. The van der Waals surface area contributed by atoms with Crippen LogP contribution in [0.1, 0.15) is 23.8 Å². The van der Waals surface area contributed by atoms with Gasteiger partial charge >= 0.3 is 0 Å². The number of carbonyl (C=O) groups is 1. The molecule has 2 heterocycles. The molecule has 0 radical (unpaired) electrons. The molecule has 6 heteroatoms. The van der Waals surface area contributed by atoms with E-state index >= 15 is 0 Å². The first kappa shape index (κ1) is 13.7. The molecule has 1 atom stereocenters. The van der Waals surface area contributed by atoms with Crippen molar-refractivity contribution in [1.29, 1.82) is 0 Å². The predicted molar refractivity (Wildman–Crippen MR) is 72.3 cm³/mol. The van der Waals surface area contributed by atoms with Crippen LogP contribution in [0, 0.1) is 0 Å². The van der Waals surface area contributed by atoms with Crippen molar-refractivity contribution in [3.63, 3.8) is 0 Å². The Morgan fingerprint density at radius 1 is 1.53 bits per heavy atom. The van der Waals surface area contributed by atoms with Gasteiger partial charge in [0, 0.05) is 27.2 Å². The second-order valence-corrected chi connectivity index (χ2v) is 4.81. The highest BCUT2D eigenvalue weighted by Gasteiger charge is 2.21. The molecule has 0 N–H and O–H groups in total. The maximum Gasteiger partial charge on any atom is 0.273 e. The SMILES string of the molecule is CCC1CN(c2cncc(C(=O)N(C)C)n2)CCO1. The molecule has 1 unspecified atom stereocenters. The number of carbonyl (C=O) groups excluding carboxylic acids is 1. The van der Waals surface area contributed by atoms with Gasteiger partial charge in [-0.15, -0.1) is 0 Å². The molecule has 2 rings (SSSR count). The molecule has 1 amide bonds. The lowest BCUT2D eigenvalue weighted by Crippen LogP contribution is -2.42. The van der Waals surface area contributed by atoms with Crippen molar-refractivity contribution in [2.45, 2.75) is 19.4 Å². The molecule has 0 aromatic carbocycles. The lowest BCUT2D eigenvalue weighted by atomic mass is 10.2. The molecule has 0 spiro atoms. The van der Waals surface area contributed by atoms with Gasteiger partial charge in [-0.1, -0.05) is 6.92 Å². The number of morpholine rings is 1.